The van der Waals surface area contributed by atoms with Crippen molar-refractivity contribution in [2.24, 2.45) is 0 Å². The Hall–Kier alpha value is -2.53. The van der Waals surface area contributed by atoms with Crippen molar-refractivity contribution in [1.82, 2.24) is 14.8 Å². The Kier molecular flexibility index (Phi) is 6.45. The molecule has 0 bridgehead atoms. The van der Waals surface area contributed by atoms with Crippen LogP contribution in [-0.2, 0) is 0 Å². The van der Waals surface area contributed by atoms with Crippen LogP contribution < -0.4 is 4.90 Å². The molecule has 1 aliphatic rings. The zero-order valence-electron chi connectivity index (χ0n) is 18.3. The molecule has 6 nitrogen and oxygen atoms in total. The number of carbonyl (C=O) groups is 1. The smallest absolute Gasteiger partial charge is 0.355 e. The molecule has 1 aliphatic heterocycles. The van der Waals surface area contributed by atoms with Gasteiger partial charge < -0.3 is 10.0 Å². The predicted octanol–water partition coefficient (Wildman–Crippen LogP) is 5.88. The molecule has 4 rings (SSSR count). The van der Waals surface area contributed by atoms with Crippen molar-refractivity contribution in [3.05, 3.63) is 41.5 Å². The van der Waals surface area contributed by atoms with Crippen LogP contribution in [0.25, 0.3) is 16.3 Å². The number of benzene rings is 1. The lowest BCUT2D eigenvalue weighted by Gasteiger charge is -2.32. The van der Waals surface area contributed by atoms with E-state index < -0.39 is 17.7 Å². The Morgan fingerprint density at radius 1 is 1.27 bits per heavy atom. The van der Waals surface area contributed by atoms with Gasteiger partial charge in [-0.25, -0.2) is 18.0 Å². The maximum absolute atomic E-state index is 13.8. The number of halogens is 3. The van der Waals surface area contributed by atoms with Crippen LogP contribution in [0.15, 0.2) is 28.5 Å². The fourth-order valence-electron chi connectivity index (χ4n) is 3.77. The summed E-state index contributed by atoms with van der Waals surface area (Å²) in [5.41, 5.74) is 1.02. The van der Waals surface area contributed by atoms with E-state index in [2.05, 4.69) is 10.1 Å². The largest absolute Gasteiger partial charge is 0.476 e. The van der Waals surface area contributed by atoms with Gasteiger partial charge in [-0.3, -0.25) is 0 Å². The van der Waals surface area contributed by atoms with Gasteiger partial charge in [0.05, 0.1) is 5.69 Å². The first-order valence-corrected chi connectivity index (χ1v) is 12.1. The van der Waals surface area contributed by atoms with E-state index in [1.54, 1.807) is 24.8 Å². The number of carboxylic acid groups (broad SMARTS) is 1. The monoisotopic (exact) mass is 496 g/mol. The molecule has 176 valence electrons. The summed E-state index contributed by atoms with van der Waals surface area (Å²) in [5, 5.41) is 15.0. The highest BCUT2D eigenvalue weighted by Crippen LogP contribution is 2.42. The number of thioether (sulfide) groups is 1. The number of hydrogen-bond donors (Lipinski definition) is 1. The Labute approximate surface area is 197 Å². The van der Waals surface area contributed by atoms with E-state index in [1.807, 2.05) is 18.7 Å². The van der Waals surface area contributed by atoms with E-state index >= 15 is 0 Å². The average molecular weight is 497 g/mol. The Morgan fingerprint density at radius 3 is 2.58 bits per heavy atom. The third-order valence-electron chi connectivity index (χ3n) is 5.26. The van der Waals surface area contributed by atoms with Gasteiger partial charge in [0, 0.05) is 36.7 Å². The number of carboxylic acids is 1. The van der Waals surface area contributed by atoms with Crippen LogP contribution >= 0.6 is 23.1 Å². The molecule has 1 saturated heterocycles. The molecule has 1 fully saturated rings. The summed E-state index contributed by atoms with van der Waals surface area (Å²) in [6, 6.07) is 5.69. The highest BCUT2D eigenvalue weighted by Gasteiger charge is 2.36. The first-order valence-electron chi connectivity index (χ1n) is 10.5. The molecule has 11 heteroatoms. The number of aromatic nitrogens is 3. The fraction of sp³-hybridized carbons (Fsp3) is 0.409. The van der Waals surface area contributed by atoms with Crippen LogP contribution in [0.2, 0.25) is 0 Å². The minimum Gasteiger partial charge on any atom is -0.476 e. The van der Waals surface area contributed by atoms with Crippen molar-refractivity contribution in [3.8, 4) is 16.3 Å². The van der Waals surface area contributed by atoms with E-state index in [1.165, 1.54) is 34.2 Å². The summed E-state index contributed by atoms with van der Waals surface area (Å²) in [7, 11) is 0. The van der Waals surface area contributed by atoms with E-state index in [-0.39, 0.29) is 36.9 Å². The van der Waals surface area contributed by atoms with E-state index in [9.17, 15) is 23.1 Å². The second kappa shape index (κ2) is 9.02. The van der Waals surface area contributed by atoms with Crippen molar-refractivity contribution < 1.29 is 23.1 Å². The molecule has 0 unspecified atom stereocenters. The molecule has 1 N–H and O–H groups in total. The molecule has 3 aromatic rings. The number of hydrogen-bond acceptors (Lipinski definition) is 6. The Balaban J connectivity index is 1.81. The van der Waals surface area contributed by atoms with Crippen LogP contribution in [0, 0.1) is 12.7 Å². The lowest BCUT2D eigenvalue weighted by atomic mass is 10.0. The van der Waals surface area contributed by atoms with Gasteiger partial charge in [0.25, 0.3) is 5.92 Å². The molecular formula is C22H23F3N4O2S2. The van der Waals surface area contributed by atoms with Crippen LogP contribution in [0.1, 0.15) is 42.9 Å². The summed E-state index contributed by atoms with van der Waals surface area (Å²) in [6.07, 6.45) is -0.507. The topological polar surface area (TPSA) is 71.2 Å². The molecular weight excluding hydrogens is 473 g/mol. The van der Waals surface area contributed by atoms with Gasteiger partial charge in [0.1, 0.15) is 10.0 Å². The third-order valence-corrected chi connectivity index (χ3v) is 7.48. The molecule has 0 aliphatic carbocycles. The number of rotatable bonds is 6. The minimum absolute atomic E-state index is 0.121. The maximum atomic E-state index is 13.8. The number of anilines is 1. The molecule has 0 atom stereocenters. The van der Waals surface area contributed by atoms with Crippen LogP contribution in [0.3, 0.4) is 0 Å². The van der Waals surface area contributed by atoms with E-state index in [4.69, 9.17) is 0 Å². The SMILES string of the molecule is Cc1nn(-c2nc(N3CCC(F)(F)CC3)c(SC(C)C)s2)c(C(=O)O)c1-c1cccc(F)c1. The number of aromatic carboxylic acids is 1. The van der Waals surface area contributed by atoms with Gasteiger partial charge in [-0.05, 0) is 24.6 Å². The van der Waals surface area contributed by atoms with Gasteiger partial charge in [-0.15, -0.1) is 11.8 Å². The summed E-state index contributed by atoms with van der Waals surface area (Å²) in [6.45, 7) is 6.02. The molecule has 0 saturated carbocycles. The molecule has 3 heterocycles. The molecule has 0 amide bonds. The molecule has 2 aromatic heterocycles. The average Bonchev–Trinajstić information content (AvgIpc) is 3.28. The van der Waals surface area contributed by atoms with Gasteiger partial charge >= 0.3 is 5.97 Å². The van der Waals surface area contributed by atoms with Gasteiger partial charge in [0.2, 0.25) is 5.13 Å². The van der Waals surface area contributed by atoms with Crippen LogP contribution in [0.5, 0.6) is 0 Å². The summed E-state index contributed by atoms with van der Waals surface area (Å²) in [4.78, 5) is 18.7. The number of nitrogens with zero attached hydrogens (tertiary/aromatic N) is 4. The normalized spacial score (nSPS) is 15.9. The summed E-state index contributed by atoms with van der Waals surface area (Å²) < 4.78 is 43.3. The quantitative estimate of drug-likeness (QED) is 0.430. The second-order valence-corrected chi connectivity index (χ2v) is 11.0. The maximum Gasteiger partial charge on any atom is 0.355 e. The van der Waals surface area contributed by atoms with Crippen molar-refractivity contribution in [1.29, 1.82) is 0 Å². The predicted molar refractivity (Wildman–Crippen MR) is 124 cm³/mol. The Bertz CT molecular complexity index is 1180. The van der Waals surface area contributed by atoms with Gasteiger partial charge in [0.15, 0.2) is 11.5 Å². The van der Waals surface area contributed by atoms with E-state index in [0.717, 1.165) is 4.21 Å². The molecule has 0 spiro atoms. The lowest BCUT2D eigenvalue weighted by Crippen LogP contribution is -2.39. The number of piperidine rings is 1. The third kappa shape index (κ3) is 4.89. The number of alkyl halides is 2. The van der Waals surface area contributed by atoms with Crippen molar-refractivity contribution >= 4 is 34.9 Å². The van der Waals surface area contributed by atoms with Crippen molar-refractivity contribution in [3.63, 3.8) is 0 Å². The fourth-order valence-corrected chi connectivity index (χ4v) is 6.25. The summed E-state index contributed by atoms with van der Waals surface area (Å²) >= 11 is 2.82. The Morgan fingerprint density at radius 2 is 1.97 bits per heavy atom. The van der Waals surface area contributed by atoms with Gasteiger partial charge in [-0.2, -0.15) is 14.8 Å². The number of thiazole rings is 1. The zero-order valence-corrected chi connectivity index (χ0v) is 19.9. The molecule has 0 radical (unpaired) electrons. The van der Waals surface area contributed by atoms with Crippen molar-refractivity contribution in [2.75, 3.05) is 18.0 Å². The highest BCUT2D eigenvalue weighted by atomic mass is 32.2. The molecule has 1 aromatic carbocycles. The van der Waals surface area contributed by atoms with Crippen LogP contribution in [0.4, 0.5) is 19.0 Å². The highest BCUT2D eigenvalue weighted by molar-refractivity contribution is 8.01. The first-order chi connectivity index (χ1) is 15.6. The van der Waals surface area contributed by atoms with Crippen LogP contribution in [-0.4, -0.2) is 50.1 Å². The lowest BCUT2D eigenvalue weighted by molar-refractivity contribution is -0.0222. The van der Waals surface area contributed by atoms with Gasteiger partial charge in [-0.1, -0.05) is 37.3 Å². The van der Waals surface area contributed by atoms with Crippen molar-refractivity contribution in [2.45, 2.75) is 49.0 Å². The molecule has 33 heavy (non-hydrogen) atoms. The van der Waals surface area contributed by atoms with E-state index in [0.29, 0.717) is 27.8 Å². The summed E-state index contributed by atoms with van der Waals surface area (Å²) in [5.74, 6) is -3.82. The standard InChI is InChI=1S/C22H23F3N4O2S2/c1-12(2)32-20-18(28-9-7-22(24,25)8-10-28)26-21(33-20)29-17(19(30)31)16(13(3)27-29)14-5-4-6-15(23)11-14/h4-6,11-12H,7-10H2,1-3H3,(H,30,31). The number of aryl methyl sites for hydroxylation is 1. The first kappa shape index (κ1) is 23.6. The zero-order chi connectivity index (χ0) is 23.9. The second-order valence-electron chi connectivity index (χ2n) is 8.15. The minimum atomic E-state index is -2.68.